The Balaban J connectivity index is 0.000000642. The van der Waals surface area contributed by atoms with E-state index in [9.17, 15) is 19.5 Å². The fourth-order valence-corrected chi connectivity index (χ4v) is 4.94. The molecule has 1 aliphatic rings. The monoisotopic (exact) mass is 588 g/mol. The van der Waals surface area contributed by atoms with Crippen LogP contribution in [0.3, 0.4) is 0 Å². The molecule has 41 heavy (non-hydrogen) atoms. The molecule has 9 nitrogen and oxygen atoms in total. The number of halogens is 1. The first-order valence-electron chi connectivity index (χ1n) is 13.9. The minimum Gasteiger partial charge on any atom is -0.492 e. The average Bonchev–Trinajstić information content (AvgIpc) is 2.95. The maximum atomic E-state index is 13.6. The Hall–Kier alpha value is -3.40. The summed E-state index contributed by atoms with van der Waals surface area (Å²) in [5, 5.41) is 27.9. The third kappa shape index (κ3) is 10.5. The van der Waals surface area contributed by atoms with Gasteiger partial charge in [-0.2, -0.15) is 0 Å². The fourth-order valence-electron chi connectivity index (χ4n) is 4.71. The maximum absolute atomic E-state index is 13.6. The highest BCUT2D eigenvalue weighted by atomic mass is 35.5. The van der Waals surface area contributed by atoms with E-state index in [4.69, 9.17) is 26.6 Å². The molecular formula is C31H41ClN2O7. The molecule has 0 saturated carbocycles. The normalized spacial score (nSPS) is 15.4. The lowest BCUT2D eigenvalue weighted by atomic mass is 9.79. The molecule has 0 aromatic heterocycles. The van der Waals surface area contributed by atoms with Crippen LogP contribution in [0.15, 0.2) is 60.7 Å². The van der Waals surface area contributed by atoms with Gasteiger partial charge in [0.25, 0.3) is 0 Å². The van der Waals surface area contributed by atoms with Crippen LogP contribution in [0.5, 0.6) is 5.75 Å². The number of benzene rings is 2. The van der Waals surface area contributed by atoms with Crippen molar-refractivity contribution in [1.82, 2.24) is 4.90 Å². The second kappa shape index (κ2) is 16.8. The van der Waals surface area contributed by atoms with Gasteiger partial charge in [-0.1, -0.05) is 55.8 Å². The fraction of sp³-hybridized carbons (Fsp3) is 0.452. The largest absolute Gasteiger partial charge is 0.492 e. The number of rotatable bonds is 12. The summed E-state index contributed by atoms with van der Waals surface area (Å²) in [7, 11) is 0. The number of hydrogen-bond donors (Lipinski definition) is 3. The van der Waals surface area contributed by atoms with Gasteiger partial charge in [-0.15, -0.1) is 0 Å². The highest BCUT2D eigenvalue weighted by Crippen LogP contribution is 2.35. The van der Waals surface area contributed by atoms with Crippen molar-refractivity contribution in [3.8, 4) is 5.75 Å². The Morgan fingerprint density at radius 2 is 1.61 bits per heavy atom. The van der Waals surface area contributed by atoms with Gasteiger partial charge in [0, 0.05) is 43.4 Å². The number of amides is 1. The minimum absolute atomic E-state index is 0.0454. The number of aliphatic carboxylic acids is 2. The summed E-state index contributed by atoms with van der Waals surface area (Å²) in [5.41, 5.74) is 0.912. The van der Waals surface area contributed by atoms with Crippen molar-refractivity contribution in [2.24, 2.45) is 5.92 Å². The maximum Gasteiger partial charge on any atom is 0.328 e. The summed E-state index contributed by atoms with van der Waals surface area (Å²) >= 11 is 6.29. The highest BCUT2D eigenvalue weighted by molar-refractivity contribution is 6.31. The predicted molar refractivity (Wildman–Crippen MR) is 160 cm³/mol. The molecule has 0 aliphatic carbocycles. The third-order valence-corrected chi connectivity index (χ3v) is 7.46. The Morgan fingerprint density at radius 1 is 1.02 bits per heavy atom. The lowest BCUT2D eigenvalue weighted by molar-refractivity contribution is -0.135. The van der Waals surface area contributed by atoms with Crippen LogP contribution in [0.4, 0.5) is 5.69 Å². The molecule has 3 N–H and O–H groups in total. The Kier molecular flexibility index (Phi) is 13.8. The number of carbonyl (C=O) groups is 3. The van der Waals surface area contributed by atoms with Crippen molar-refractivity contribution in [2.75, 3.05) is 37.7 Å². The summed E-state index contributed by atoms with van der Waals surface area (Å²) in [5.74, 6) is -2.35. The van der Waals surface area contributed by atoms with Crippen LogP contribution < -0.4 is 9.64 Å². The van der Waals surface area contributed by atoms with Crippen molar-refractivity contribution in [2.45, 2.75) is 52.1 Å². The highest BCUT2D eigenvalue weighted by Gasteiger charge is 2.42. The SMILES string of the molecule is CCCN(C(=O)C(C)C1(O)CCN(CCc2ccccc2Cl)CC1)c1ccccc1OCC.O=C(O)/C=C\C(=O)O. The second-order valence-electron chi connectivity index (χ2n) is 9.91. The lowest BCUT2D eigenvalue weighted by Crippen LogP contribution is -2.53. The molecule has 1 aliphatic heterocycles. The quantitative estimate of drug-likeness (QED) is 0.299. The number of likely N-dealkylation sites (tertiary alicyclic amines) is 1. The van der Waals surface area contributed by atoms with Crippen LogP contribution in [0.2, 0.25) is 5.02 Å². The summed E-state index contributed by atoms with van der Waals surface area (Å²) in [6.07, 6.45) is 3.98. The molecule has 2 aromatic carbocycles. The molecule has 1 saturated heterocycles. The van der Waals surface area contributed by atoms with Crippen LogP contribution in [-0.2, 0) is 20.8 Å². The van der Waals surface area contributed by atoms with Crippen LogP contribution >= 0.6 is 11.6 Å². The van der Waals surface area contributed by atoms with Crippen LogP contribution in [0.1, 0.15) is 45.6 Å². The molecular weight excluding hydrogens is 548 g/mol. The summed E-state index contributed by atoms with van der Waals surface area (Å²) in [6, 6.07) is 15.6. The van der Waals surface area contributed by atoms with E-state index in [0.29, 0.717) is 43.9 Å². The molecule has 1 unspecified atom stereocenters. The van der Waals surface area contributed by atoms with E-state index in [0.717, 1.165) is 48.7 Å². The second-order valence-corrected chi connectivity index (χ2v) is 10.3. The molecule has 3 rings (SSSR count). The smallest absolute Gasteiger partial charge is 0.328 e. The van der Waals surface area contributed by atoms with E-state index in [1.807, 2.05) is 56.3 Å². The molecule has 1 fully saturated rings. The number of anilines is 1. The van der Waals surface area contributed by atoms with E-state index in [1.165, 1.54) is 0 Å². The first-order valence-corrected chi connectivity index (χ1v) is 14.3. The number of hydrogen-bond acceptors (Lipinski definition) is 6. The van der Waals surface area contributed by atoms with E-state index in [2.05, 4.69) is 17.9 Å². The van der Waals surface area contributed by atoms with Gasteiger partial charge in [-0.25, -0.2) is 9.59 Å². The molecule has 2 aromatic rings. The van der Waals surface area contributed by atoms with Crippen LogP contribution in [0, 0.1) is 5.92 Å². The van der Waals surface area contributed by atoms with Gasteiger partial charge in [0.05, 0.1) is 23.8 Å². The van der Waals surface area contributed by atoms with Gasteiger partial charge in [-0.3, -0.25) is 4.79 Å². The minimum atomic E-state index is -1.26. The first kappa shape index (κ1) is 33.8. The zero-order valence-corrected chi connectivity index (χ0v) is 24.7. The predicted octanol–water partition coefficient (Wildman–Crippen LogP) is 4.90. The average molecular weight is 589 g/mol. The zero-order valence-electron chi connectivity index (χ0n) is 24.0. The van der Waals surface area contributed by atoms with E-state index in [1.54, 1.807) is 4.90 Å². The number of para-hydroxylation sites is 2. The molecule has 1 amide bonds. The van der Waals surface area contributed by atoms with E-state index in [-0.39, 0.29) is 5.91 Å². The molecule has 0 radical (unpaired) electrons. The summed E-state index contributed by atoms with van der Waals surface area (Å²) < 4.78 is 5.78. The van der Waals surface area contributed by atoms with Crippen molar-refractivity contribution in [1.29, 1.82) is 0 Å². The van der Waals surface area contributed by atoms with Crippen molar-refractivity contribution < 1.29 is 34.4 Å². The number of ether oxygens (including phenoxy) is 1. The number of carbonyl (C=O) groups excluding carboxylic acids is 1. The molecule has 0 bridgehead atoms. The van der Waals surface area contributed by atoms with E-state index < -0.39 is 23.5 Å². The van der Waals surface area contributed by atoms with Gasteiger partial charge >= 0.3 is 11.9 Å². The first-order chi connectivity index (χ1) is 19.5. The number of nitrogens with zero attached hydrogens (tertiary/aromatic N) is 2. The number of piperidine rings is 1. The van der Waals surface area contributed by atoms with Gasteiger partial charge < -0.3 is 29.9 Å². The summed E-state index contributed by atoms with van der Waals surface area (Å²) in [4.78, 5) is 36.9. The molecule has 0 spiro atoms. The lowest BCUT2D eigenvalue weighted by Gasteiger charge is -2.42. The standard InChI is InChI=1S/C27H37ClN2O3.C4H4O4/c1-4-17-30(24-12-8-9-13-25(24)33-5-2)26(31)21(3)27(32)15-19-29(20-16-27)18-14-22-10-6-7-11-23(22)28;5-3(6)1-2-4(7)8/h6-13,21,32H,4-5,14-20H2,1-3H3;1-2H,(H,5,6)(H,7,8)/b;2-1-. The third-order valence-electron chi connectivity index (χ3n) is 7.09. The Bertz CT molecular complexity index is 1160. The molecule has 1 heterocycles. The van der Waals surface area contributed by atoms with Crippen molar-refractivity contribution >= 4 is 35.1 Å². The van der Waals surface area contributed by atoms with Gasteiger partial charge in [0.1, 0.15) is 5.75 Å². The zero-order chi connectivity index (χ0) is 30.4. The van der Waals surface area contributed by atoms with Crippen LogP contribution in [-0.4, -0.2) is 76.5 Å². The number of carboxylic acid groups (broad SMARTS) is 2. The summed E-state index contributed by atoms with van der Waals surface area (Å²) in [6.45, 7) is 9.42. The Morgan fingerprint density at radius 3 is 2.17 bits per heavy atom. The molecule has 1 atom stereocenters. The van der Waals surface area contributed by atoms with Crippen molar-refractivity contribution in [3.63, 3.8) is 0 Å². The van der Waals surface area contributed by atoms with Gasteiger partial charge in [0.2, 0.25) is 5.91 Å². The topological polar surface area (TPSA) is 128 Å². The van der Waals surface area contributed by atoms with Crippen molar-refractivity contribution in [3.05, 3.63) is 71.3 Å². The molecule has 224 valence electrons. The van der Waals surface area contributed by atoms with Gasteiger partial charge in [-0.05, 0) is 56.4 Å². The number of aliphatic hydroxyl groups is 1. The van der Waals surface area contributed by atoms with E-state index >= 15 is 0 Å². The Labute approximate surface area is 247 Å². The van der Waals surface area contributed by atoms with Gasteiger partial charge in [0.15, 0.2) is 0 Å². The van der Waals surface area contributed by atoms with Crippen LogP contribution in [0.25, 0.3) is 0 Å². The number of carboxylic acids is 2. The molecule has 10 heteroatoms.